The second kappa shape index (κ2) is 8.56. The van der Waals surface area contributed by atoms with Crippen LogP contribution >= 0.6 is 0 Å². The van der Waals surface area contributed by atoms with Crippen molar-refractivity contribution in [1.29, 1.82) is 0 Å². The maximum absolute atomic E-state index is 12.1. The smallest absolute Gasteiger partial charge is 0.407 e. The summed E-state index contributed by atoms with van der Waals surface area (Å²) in [6.07, 6.45) is 0.297. The molecule has 0 aliphatic rings. The van der Waals surface area contributed by atoms with Crippen molar-refractivity contribution < 1.29 is 14.3 Å². The van der Waals surface area contributed by atoms with Crippen LogP contribution in [0.1, 0.15) is 51.4 Å². The Labute approximate surface area is 138 Å². The Morgan fingerprint density at radius 3 is 2.26 bits per heavy atom. The second-order valence-corrected chi connectivity index (χ2v) is 7.05. The molecule has 128 valence electrons. The van der Waals surface area contributed by atoms with Crippen LogP contribution in [-0.2, 0) is 4.74 Å². The molecule has 0 fully saturated rings. The van der Waals surface area contributed by atoms with Crippen molar-refractivity contribution in [3.05, 3.63) is 35.9 Å². The Hall–Kier alpha value is -2.04. The third-order valence-electron chi connectivity index (χ3n) is 3.02. The van der Waals surface area contributed by atoms with E-state index in [4.69, 9.17) is 4.74 Å². The first-order valence-electron chi connectivity index (χ1n) is 8.00. The van der Waals surface area contributed by atoms with Gasteiger partial charge < -0.3 is 15.4 Å². The van der Waals surface area contributed by atoms with Gasteiger partial charge in [-0.2, -0.15) is 0 Å². The van der Waals surface area contributed by atoms with E-state index in [1.54, 1.807) is 12.1 Å². The van der Waals surface area contributed by atoms with E-state index < -0.39 is 11.7 Å². The third kappa shape index (κ3) is 8.24. The highest BCUT2D eigenvalue weighted by Gasteiger charge is 2.20. The van der Waals surface area contributed by atoms with Crippen LogP contribution in [0.5, 0.6) is 0 Å². The number of hydrogen-bond donors (Lipinski definition) is 2. The lowest BCUT2D eigenvalue weighted by molar-refractivity contribution is 0.0496. The van der Waals surface area contributed by atoms with Gasteiger partial charge in [-0.3, -0.25) is 4.79 Å². The van der Waals surface area contributed by atoms with Crippen LogP contribution < -0.4 is 10.6 Å². The third-order valence-corrected chi connectivity index (χ3v) is 3.02. The first-order chi connectivity index (χ1) is 10.7. The molecule has 0 aliphatic carbocycles. The fraction of sp³-hybridized carbons (Fsp3) is 0.556. The minimum Gasteiger partial charge on any atom is -0.444 e. The Kier molecular flexibility index (Phi) is 7.07. The molecule has 0 aliphatic heterocycles. The summed E-state index contributed by atoms with van der Waals surface area (Å²) in [6.45, 7) is 9.97. The van der Waals surface area contributed by atoms with Crippen molar-refractivity contribution in [3.63, 3.8) is 0 Å². The van der Waals surface area contributed by atoms with Crippen LogP contribution in [0.3, 0.4) is 0 Å². The molecule has 0 heterocycles. The molecule has 1 aromatic rings. The normalized spacial score (nSPS) is 12.6. The highest BCUT2D eigenvalue weighted by molar-refractivity contribution is 5.94. The lowest BCUT2D eigenvalue weighted by atomic mass is 10.0. The Balaban J connectivity index is 2.57. The molecule has 5 nitrogen and oxygen atoms in total. The van der Waals surface area contributed by atoms with Gasteiger partial charge in [-0.25, -0.2) is 4.79 Å². The minimum absolute atomic E-state index is 0.148. The fourth-order valence-corrected chi connectivity index (χ4v) is 2.14. The number of carbonyl (C=O) groups excluding carboxylic acids is 2. The number of ether oxygens (including phenoxy) is 1. The molecule has 0 saturated heterocycles. The summed E-state index contributed by atoms with van der Waals surface area (Å²) < 4.78 is 5.28. The SMILES string of the molecule is CC(C)C[C@@H](CNC(=O)c1ccccc1)NC(=O)OC(C)(C)C. The van der Waals surface area contributed by atoms with Gasteiger partial charge in [0.2, 0.25) is 0 Å². The van der Waals surface area contributed by atoms with Crippen molar-refractivity contribution in [2.75, 3.05) is 6.54 Å². The molecule has 0 bridgehead atoms. The van der Waals surface area contributed by atoms with Crippen LogP contribution in [0.15, 0.2) is 30.3 Å². The zero-order valence-electron chi connectivity index (χ0n) is 14.7. The number of amides is 2. The average molecular weight is 320 g/mol. The highest BCUT2D eigenvalue weighted by Crippen LogP contribution is 2.09. The monoisotopic (exact) mass is 320 g/mol. The molecule has 5 heteroatoms. The van der Waals surface area contributed by atoms with Crippen molar-refractivity contribution in [2.24, 2.45) is 5.92 Å². The van der Waals surface area contributed by atoms with E-state index in [-0.39, 0.29) is 11.9 Å². The first-order valence-corrected chi connectivity index (χ1v) is 8.00. The van der Waals surface area contributed by atoms with Gasteiger partial charge in [-0.15, -0.1) is 0 Å². The van der Waals surface area contributed by atoms with Gasteiger partial charge in [0, 0.05) is 18.2 Å². The number of benzene rings is 1. The predicted molar refractivity (Wildman–Crippen MR) is 91.4 cm³/mol. The van der Waals surface area contributed by atoms with Gasteiger partial charge in [-0.1, -0.05) is 32.0 Å². The molecule has 0 saturated carbocycles. The molecular weight excluding hydrogens is 292 g/mol. The van der Waals surface area contributed by atoms with Gasteiger partial charge in [0.15, 0.2) is 0 Å². The number of carbonyl (C=O) groups is 2. The topological polar surface area (TPSA) is 67.4 Å². The van der Waals surface area contributed by atoms with E-state index in [0.29, 0.717) is 18.0 Å². The number of rotatable bonds is 6. The summed E-state index contributed by atoms with van der Waals surface area (Å²) in [6, 6.07) is 8.85. The first kappa shape index (κ1) is 19.0. The quantitative estimate of drug-likeness (QED) is 0.844. The molecular formula is C18H28N2O3. The average Bonchev–Trinajstić information content (AvgIpc) is 2.42. The summed E-state index contributed by atoms with van der Waals surface area (Å²) in [5.41, 5.74) is 0.0628. The number of alkyl carbamates (subject to hydrolysis) is 1. The van der Waals surface area contributed by atoms with E-state index in [1.807, 2.05) is 39.0 Å². The molecule has 1 rings (SSSR count). The van der Waals surface area contributed by atoms with Gasteiger partial charge in [0.1, 0.15) is 5.60 Å². The molecule has 23 heavy (non-hydrogen) atoms. The molecule has 2 amide bonds. The molecule has 0 spiro atoms. The lowest BCUT2D eigenvalue weighted by Gasteiger charge is -2.25. The Morgan fingerprint density at radius 2 is 1.74 bits per heavy atom. The van der Waals surface area contributed by atoms with Crippen LogP contribution in [0.2, 0.25) is 0 Å². The molecule has 1 aromatic carbocycles. The van der Waals surface area contributed by atoms with Gasteiger partial charge in [0.25, 0.3) is 5.91 Å². The Morgan fingerprint density at radius 1 is 1.13 bits per heavy atom. The molecule has 0 aromatic heterocycles. The molecule has 2 N–H and O–H groups in total. The predicted octanol–water partition coefficient (Wildman–Crippen LogP) is 3.36. The van der Waals surface area contributed by atoms with Gasteiger partial charge in [-0.05, 0) is 45.2 Å². The molecule has 1 atom stereocenters. The van der Waals surface area contributed by atoms with Crippen molar-refractivity contribution in [2.45, 2.75) is 52.7 Å². The van der Waals surface area contributed by atoms with Crippen molar-refractivity contribution >= 4 is 12.0 Å². The van der Waals surface area contributed by atoms with E-state index in [1.165, 1.54) is 0 Å². The zero-order valence-corrected chi connectivity index (χ0v) is 14.7. The van der Waals surface area contributed by atoms with E-state index >= 15 is 0 Å². The van der Waals surface area contributed by atoms with Gasteiger partial charge >= 0.3 is 6.09 Å². The number of hydrogen-bond acceptors (Lipinski definition) is 3. The maximum Gasteiger partial charge on any atom is 0.407 e. The Bertz CT molecular complexity index is 507. The van der Waals surface area contributed by atoms with Crippen LogP contribution in [0, 0.1) is 5.92 Å². The maximum atomic E-state index is 12.1. The van der Waals surface area contributed by atoms with Crippen LogP contribution in [0.4, 0.5) is 4.79 Å². The summed E-state index contributed by atoms with van der Waals surface area (Å²) in [4.78, 5) is 24.0. The minimum atomic E-state index is -0.542. The van der Waals surface area contributed by atoms with Crippen molar-refractivity contribution in [3.8, 4) is 0 Å². The van der Waals surface area contributed by atoms with Crippen molar-refractivity contribution in [1.82, 2.24) is 10.6 Å². The lowest BCUT2D eigenvalue weighted by Crippen LogP contribution is -2.46. The zero-order chi connectivity index (χ0) is 17.5. The standard InChI is InChI=1S/C18H28N2O3/c1-13(2)11-15(20-17(22)23-18(3,4)5)12-19-16(21)14-9-7-6-8-10-14/h6-10,13,15H,11-12H2,1-5H3,(H,19,21)(H,20,22)/t15-/m0/s1. The van der Waals surface area contributed by atoms with Gasteiger partial charge in [0.05, 0.1) is 0 Å². The van der Waals surface area contributed by atoms with E-state index in [0.717, 1.165) is 6.42 Å². The summed E-state index contributed by atoms with van der Waals surface area (Å²) in [5.74, 6) is 0.244. The largest absolute Gasteiger partial charge is 0.444 e. The van der Waals surface area contributed by atoms with E-state index in [2.05, 4.69) is 24.5 Å². The number of nitrogens with one attached hydrogen (secondary N) is 2. The molecule has 0 unspecified atom stereocenters. The summed E-state index contributed by atoms with van der Waals surface area (Å²) >= 11 is 0. The molecule has 0 radical (unpaired) electrons. The van der Waals surface area contributed by atoms with E-state index in [9.17, 15) is 9.59 Å². The fourth-order valence-electron chi connectivity index (χ4n) is 2.14. The second-order valence-electron chi connectivity index (χ2n) is 7.05. The van der Waals surface area contributed by atoms with Crippen LogP contribution in [0.25, 0.3) is 0 Å². The summed E-state index contributed by atoms with van der Waals surface area (Å²) in [5, 5.41) is 5.70. The van der Waals surface area contributed by atoms with Crippen LogP contribution in [-0.4, -0.2) is 30.2 Å². The highest BCUT2D eigenvalue weighted by atomic mass is 16.6. The summed E-state index contributed by atoms with van der Waals surface area (Å²) in [7, 11) is 0.